The van der Waals surface area contributed by atoms with E-state index in [2.05, 4.69) is 4.98 Å². The van der Waals surface area contributed by atoms with Gasteiger partial charge in [0.1, 0.15) is 12.0 Å². The largest absolute Gasteiger partial charge is 0.477 e. The van der Waals surface area contributed by atoms with Crippen LogP contribution in [0.1, 0.15) is 35.8 Å². The Morgan fingerprint density at radius 1 is 1.67 bits per heavy atom. The third kappa shape index (κ3) is 2.93. The first-order valence-electron chi connectivity index (χ1n) is 5.52. The molecule has 0 saturated heterocycles. The number of hydrogen-bond donors (Lipinski definition) is 2. The number of aromatic carboxylic acids is 1. The number of carbonyl (C=O) groups excluding carboxylic acids is 1. The van der Waals surface area contributed by atoms with Crippen molar-refractivity contribution in [3.8, 4) is 0 Å². The first kappa shape index (κ1) is 13.9. The van der Waals surface area contributed by atoms with Gasteiger partial charge in [0.05, 0.1) is 16.7 Å². The molecule has 0 bridgehead atoms. The monoisotopic (exact) mass is 254 g/mol. The molecule has 1 aromatic heterocycles. The Morgan fingerprint density at radius 2 is 2.33 bits per heavy atom. The van der Waals surface area contributed by atoms with Crippen molar-refractivity contribution in [2.75, 3.05) is 0 Å². The summed E-state index contributed by atoms with van der Waals surface area (Å²) in [7, 11) is 0. The van der Waals surface area contributed by atoms with Gasteiger partial charge in [-0.25, -0.2) is 4.79 Å². The van der Waals surface area contributed by atoms with Gasteiger partial charge in [-0.3, -0.25) is 10.1 Å². The molecule has 0 aromatic carbocycles. The molecule has 2 N–H and O–H groups in total. The standard InChI is InChI=1S/C11H14N2O5/c1-2-7(3-4-14)5-8-9(13(17)18)6-12-10(8)11(15)16/h4,6-7,12H,2-3,5H2,1H3,(H,15,16). The summed E-state index contributed by atoms with van der Waals surface area (Å²) >= 11 is 0. The van der Waals surface area contributed by atoms with E-state index in [0.717, 1.165) is 12.5 Å². The minimum atomic E-state index is -1.24. The highest BCUT2D eigenvalue weighted by atomic mass is 16.6. The minimum Gasteiger partial charge on any atom is -0.477 e. The van der Waals surface area contributed by atoms with E-state index < -0.39 is 10.9 Å². The molecule has 1 aromatic rings. The fourth-order valence-electron chi connectivity index (χ4n) is 1.82. The number of hydrogen-bond acceptors (Lipinski definition) is 4. The van der Waals surface area contributed by atoms with Crippen LogP contribution >= 0.6 is 0 Å². The van der Waals surface area contributed by atoms with Crippen LogP contribution < -0.4 is 0 Å². The van der Waals surface area contributed by atoms with Crippen LogP contribution in [0.4, 0.5) is 5.69 Å². The Labute approximate surface area is 103 Å². The lowest BCUT2D eigenvalue weighted by Crippen LogP contribution is -2.09. The number of carbonyl (C=O) groups is 2. The summed E-state index contributed by atoms with van der Waals surface area (Å²) in [6, 6.07) is 0. The van der Waals surface area contributed by atoms with Crippen LogP contribution in [-0.2, 0) is 11.2 Å². The van der Waals surface area contributed by atoms with E-state index in [4.69, 9.17) is 5.11 Å². The number of nitrogens with zero attached hydrogens (tertiary/aromatic N) is 1. The van der Waals surface area contributed by atoms with Gasteiger partial charge in [-0.1, -0.05) is 13.3 Å². The van der Waals surface area contributed by atoms with E-state index >= 15 is 0 Å². The summed E-state index contributed by atoms with van der Waals surface area (Å²) in [5.74, 6) is -1.32. The molecule has 0 radical (unpaired) electrons. The number of aldehydes is 1. The molecule has 0 fully saturated rings. The van der Waals surface area contributed by atoms with Crippen LogP contribution in [-0.4, -0.2) is 27.3 Å². The predicted molar refractivity (Wildman–Crippen MR) is 62.6 cm³/mol. The van der Waals surface area contributed by atoms with E-state index in [0.29, 0.717) is 6.42 Å². The number of aromatic amines is 1. The molecule has 0 amide bonds. The molecular weight excluding hydrogens is 240 g/mol. The number of aromatic nitrogens is 1. The average Bonchev–Trinajstić information content (AvgIpc) is 2.72. The van der Waals surface area contributed by atoms with Crippen LogP contribution in [0.15, 0.2) is 6.20 Å². The van der Waals surface area contributed by atoms with Crippen molar-refractivity contribution >= 4 is 17.9 Å². The fraction of sp³-hybridized carbons (Fsp3) is 0.455. The number of carboxylic acids is 1. The number of nitro groups is 1. The van der Waals surface area contributed by atoms with E-state index in [-0.39, 0.29) is 35.7 Å². The molecule has 7 nitrogen and oxygen atoms in total. The second kappa shape index (κ2) is 5.95. The predicted octanol–water partition coefficient (Wildman–Crippen LogP) is 1.78. The summed E-state index contributed by atoms with van der Waals surface area (Å²) < 4.78 is 0. The van der Waals surface area contributed by atoms with Gasteiger partial charge in [-0.05, 0) is 12.3 Å². The highest BCUT2D eigenvalue weighted by molar-refractivity contribution is 5.88. The quantitative estimate of drug-likeness (QED) is 0.437. The van der Waals surface area contributed by atoms with Crippen LogP contribution in [0.2, 0.25) is 0 Å². The number of H-pyrrole nitrogens is 1. The molecular formula is C11H14N2O5. The Kier molecular flexibility index (Phi) is 4.59. The Bertz CT molecular complexity index is 434. The van der Waals surface area contributed by atoms with Crippen molar-refractivity contribution in [2.45, 2.75) is 26.2 Å². The van der Waals surface area contributed by atoms with Crippen molar-refractivity contribution in [3.63, 3.8) is 0 Å². The van der Waals surface area contributed by atoms with Gasteiger partial charge in [0.25, 0.3) is 5.69 Å². The second-order valence-electron chi connectivity index (χ2n) is 3.97. The molecule has 1 unspecified atom stereocenters. The summed E-state index contributed by atoms with van der Waals surface area (Å²) in [4.78, 5) is 34.0. The Balaban J connectivity index is 3.10. The van der Waals surface area contributed by atoms with E-state index in [1.807, 2.05) is 6.92 Å². The second-order valence-corrected chi connectivity index (χ2v) is 3.97. The van der Waals surface area contributed by atoms with Gasteiger partial charge in [0.2, 0.25) is 0 Å². The van der Waals surface area contributed by atoms with E-state index in [1.165, 1.54) is 0 Å². The van der Waals surface area contributed by atoms with Crippen molar-refractivity contribution in [2.24, 2.45) is 5.92 Å². The number of nitrogens with one attached hydrogen (secondary N) is 1. The zero-order valence-corrected chi connectivity index (χ0v) is 9.88. The topological polar surface area (TPSA) is 113 Å². The molecule has 0 aliphatic rings. The average molecular weight is 254 g/mol. The maximum atomic E-state index is 11.0. The zero-order chi connectivity index (χ0) is 13.7. The Morgan fingerprint density at radius 3 is 2.78 bits per heavy atom. The van der Waals surface area contributed by atoms with Gasteiger partial charge < -0.3 is 14.9 Å². The van der Waals surface area contributed by atoms with Gasteiger partial charge in [0.15, 0.2) is 0 Å². The molecule has 0 saturated carbocycles. The number of rotatable bonds is 7. The van der Waals surface area contributed by atoms with Crippen LogP contribution in [0, 0.1) is 16.0 Å². The van der Waals surface area contributed by atoms with Gasteiger partial charge >= 0.3 is 5.97 Å². The molecule has 18 heavy (non-hydrogen) atoms. The molecule has 0 spiro atoms. The third-order valence-corrected chi connectivity index (χ3v) is 2.87. The van der Waals surface area contributed by atoms with Gasteiger partial charge in [0, 0.05) is 6.42 Å². The summed E-state index contributed by atoms with van der Waals surface area (Å²) in [5, 5.41) is 19.8. The van der Waals surface area contributed by atoms with Crippen LogP contribution in [0.25, 0.3) is 0 Å². The highest BCUT2D eigenvalue weighted by Crippen LogP contribution is 2.27. The van der Waals surface area contributed by atoms with Crippen molar-refractivity contribution in [3.05, 3.63) is 27.6 Å². The summed E-state index contributed by atoms with van der Waals surface area (Å²) in [6.07, 6.45) is 2.94. The first-order chi connectivity index (χ1) is 8.51. The number of carboxylic acid groups (broad SMARTS) is 1. The van der Waals surface area contributed by atoms with E-state index in [9.17, 15) is 19.7 Å². The third-order valence-electron chi connectivity index (χ3n) is 2.87. The summed E-state index contributed by atoms with van der Waals surface area (Å²) in [5.41, 5.74) is -0.260. The van der Waals surface area contributed by atoms with Gasteiger partial charge in [-0.15, -0.1) is 0 Å². The van der Waals surface area contributed by atoms with Crippen LogP contribution in [0.5, 0.6) is 0 Å². The normalized spacial score (nSPS) is 12.1. The fourth-order valence-corrected chi connectivity index (χ4v) is 1.82. The lowest BCUT2D eigenvalue weighted by atomic mass is 9.94. The van der Waals surface area contributed by atoms with Gasteiger partial charge in [-0.2, -0.15) is 0 Å². The molecule has 98 valence electrons. The zero-order valence-electron chi connectivity index (χ0n) is 9.88. The maximum Gasteiger partial charge on any atom is 0.352 e. The SMILES string of the molecule is CCC(CC=O)Cc1c([N+](=O)[O-])c[nH]c1C(=O)O. The molecule has 1 rings (SSSR count). The molecule has 1 atom stereocenters. The maximum absolute atomic E-state index is 11.0. The van der Waals surface area contributed by atoms with E-state index in [1.54, 1.807) is 0 Å². The lowest BCUT2D eigenvalue weighted by molar-refractivity contribution is -0.385. The molecule has 7 heteroatoms. The van der Waals surface area contributed by atoms with Crippen molar-refractivity contribution < 1.29 is 19.6 Å². The smallest absolute Gasteiger partial charge is 0.352 e. The molecule has 1 heterocycles. The summed E-state index contributed by atoms with van der Waals surface area (Å²) in [6.45, 7) is 1.85. The molecule has 0 aliphatic carbocycles. The first-order valence-corrected chi connectivity index (χ1v) is 5.52. The Hall–Kier alpha value is -2.18. The minimum absolute atomic E-state index is 0.0879. The highest BCUT2D eigenvalue weighted by Gasteiger charge is 2.26. The van der Waals surface area contributed by atoms with Crippen molar-refractivity contribution in [1.29, 1.82) is 0 Å². The van der Waals surface area contributed by atoms with Crippen LogP contribution in [0.3, 0.4) is 0 Å². The van der Waals surface area contributed by atoms with Crippen molar-refractivity contribution in [1.82, 2.24) is 4.98 Å². The molecule has 0 aliphatic heterocycles. The lowest BCUT2D eigenvalue weighted by Gasteiger charge is -2.10.